The van der Waals surface area contributed by atoms with E-state index < -0.39 is 0 Å². The van der Waals surface area contributed by atoms with Gasteiger partial charge in [0.05, 0.1) is 12.5 Å². The fourth-order valence-electron chi connectivity index (χ4n) is 2.40. The van der Waals surface area contributed by atoms with Crippen LogP contribution in [0.3, 0.4) is 0 Å². The van der Waals surface area contributed by atoms with Crippen molar-refractivity contribution in [3.8, 4) is 0 Å². The smallest absolute Gasteiger partial charge is 0.182 e. The molecule has 0 saturated carbocycles. The van der Waals surface area contributed by atoms with Crippen molar-refractivity contribution in [1.29, 1.82) is 0 Å². The Morgan fingerprint density at radius 3 is 2.82 bits per heavy atom. The van der Waals surface area contributed by atoms with Crippen LogP contribution >= 0.6 is 0 Å². The molecule has 0 saturated heterocycles. The third-order valence-corrected chi connectivity index (χ3v) is 3.20. The summed E-state index contributed by atoms with van der Waals surface area (Å²) in [6, 6.07) is 1.93. The van der Waals surface area contributed by atoms with E-state index in [-0.39, 0.29) is 5.78 Å². The molecule has 1 heterocycles. The average Bonchev–Trinajstić information content (AvgIpc) is 2.84. The van der Waals surface area contributed by atoms with Crippen LogP contribution in [0.4, 0.5) is 0 Å². The van der Waals surface area contributed by atoms with E-state index in [1.807, 2.05) is 19.9 Å². The van der Waals surface area contributed by atoms with E-state index in [1.165, 1.54) is 0 Å². The van der Waals surface area contributed by atoms with E-state index in [0.717, 1.165) is 35.1 Å². The van der Waals surface area contributed by atoms with Crippen LogP contribution < -0.4 is 0 Å². The third kappa shape index (κ3) is 2.41. The Bertz CT molecular complexity index is 471. The third-order valence-electron chi connectivity index (χ3n) is 3.20. The Morgan fingerprint density at radius 2 is 2.24 bits per heavy atom. The molecule has 1 aromatic heterocycles. The Hall–Kier alpha value is -1.57. The van der Waals surface area contributed by atoms with Gasteiger partial charge in [-0.1, -0.05) is 12.5 Å². The molecule has 90 valence electrons. The van der Waals surface area contributed by atoms with Crippen LogP contribution in [0.25, 0.3) is 5.57 Å². The van der Waals surface area contributed by atoms with Gasteiger partial charge in [-0.25, -0.2) is 0 Å². The molecule has 1 unspecified atom stereocenters. The highest BCUT2D eigenvalue weighted by atomic mass is 16.3. The van der Waals surface area contributed by atoms with E-state index >= 15 is 0 Å². The summed E-state index contributed by atoms with van der Waals surface area (Å²) in [6.45, 7) is 6.03. The van der Waals surface area contributed by atoms with E-state index in [2.05, 4.69) is 6.92 Å². The number of carbonyl (C=O) groups is 1. The summed E-state index contributed by atoms with van der Waals surface area (Å²) in [7, 11) is 0. The molecule has 1 aliphatic carbocycles. The van der Waals surface area contributed by atoms with Crippen LogP contribution in [0.2, 0.25) is 0 Å². The summed E-state index contributed by atoms with van der Waals surface area (Å²) in [6.07, 6.45) is 7.14. The van der Waals surface area contributed by atoms with E-state index in [9.17, 15) is 4.79 Å². The van der Waals surface area contributed by atoms with Gasteiger partial charge in [-0.2, -0.15) is 0 Å². The molecule has 0 N–H and O–H groups in total. The number of hydrogen-bond acceptors (Lipinski definition) is 2. The van der Waals surface area contributed by atoms with Crippen LogP contribution in [0.15, 0.2) is 40.2 Å². The lowest BCUT2D eigenvalue weighted by Crippen LogP contribution is -2.05. The molecule has 2 nitrogen and oxygen atoms in total. The maximum Gasteiger partial charge on any atom is 0.182 e. The van der Waals surface area contributed by atoms with Crippen molar-refractivity contribution in [3.05, 3.63) is 41.4 Å². The molecule has 0 spiro atoms. The standard InChI is InChI=1S/C15H18O2/c1-10(2)8-14(16)15-11(3)4-5-13(15)12-6-7-17-9-12/h6-9,11H,4-5H2,1-3H3. The van der Waals surface area contributed by atoms with Gasteiger partial charge in [-0.15, -0.1) is 0 Å². The second kappa shape index (κ2) is 4.74. The SMILES string of the molecule is CC(C)=CC(=O)C1=C(c2ccoc2)CCC1C. The van der Waals surface area contributed by atoms with Crippen molar-refractivity contribution >= 4 is 11.4 Å². The highest BCUT2D eigenvalue weighted by Gasteiger charge is 2.27. The minimum Gasteiger partial charge on any atom is -0.472 e. The first-order valence-corrected chi connectivity index (χ1v) is 6.04. The summed E-state index contributed by atoms with van der Waals surface area (Å²) >= 11 is 0. The zero-order valence-corrected chi connectivity index (χ0v) is 10.6. The second-order valence-corrected chi connectivity index (χ2v) is 4.93. The lowest BCUT2D eigenvalue weighted by atomic mass is 9.95. The van der Waals surface area contributed by atoms with Crippen LogP contribution in [0, 0.1) is 5.92 Å². The Morgan fingerprint density at radius 1 is 1.47 bits per heavy atom. The summed E-state index contributed by atoms with van der Waals surface area (Å²) in [5, 5.41) is 0. The zero-order chi connectivity index (χ0) is 12.4. The second-order valence-electron chi connectivity index (χ2n) is 4.93. The maximum atomic E-state index is 12.2. The molecule has 2 rings (SSSR count). The number of hydrogen-bond donors (Lipinski definition) is 0. The largest absolute Gasteiger partial charge is 0.472 e. The fraction of sp³-hybridized carbons (Fsp3) is 0.400. The number of carbonyl (C=O) groups excluding carboxylic acids is 1. The molecular formula is C15H18O2. The van der Waals surface area contributed by atoms with Crippen LogP contribution in [0.5, 0.6) is 0 Å². The van der Waals surface area contributed by atoms with Crippen molar-refractivity contribution in [2.75, 3.05) is 0 Å². The molecule has 0 amide bonds. The number of rotatable bonds is 3. The Labute approximate surface area is 102 Å². The minimum absolute atomic E-state index is 0.159. The van der Waals surface area contributed by atoms with E-state index in [1.54, 1.807) is 18.6 Å². The monoisotopic (exact) mass is 230 g/mol. The molecule has 0 bridgehead atoms. The number of ketones is 1. The summed E-state index contributed by atoms with van der Waals surface area (Å²) < 4.78 is 5.11. The summed E-state index contributed by atoms with van der Waals surface area (Å²) in [5.41, 5.74) is 4.23. The first-order chi connectivity index (χ1) is 8.09. The van der Waals surface area contributed by atoms with Crippen LogP contribution in [-0.4, -0.2) is 5.78 Å². The Balaban J connectivity index is 2.42. The van der Waals surface area contributed by atoms with Gasteiger partial charge in [0.2, 0.25) is 0 Å². The van der Waals surface area contributed by atoms with Gasteiger partial charge < -0.3 is 4.42 Å². The van der Waals surface area contributed by atoms with Crippen molar-refractivity contribution in [3.63, 3.8) is 0 Å². The first kappa shape index (κ1) is 11.9. The van der Waals surface area contributed by atoms with Gasteiger partial charge in [0, 0.05) is 11.1 Å². The first-order valence-electron chi connectivity index (χ1n) is 6.04. The lowest BCUT2D eigenvalue weighted by molar-refractivity contribution is -0.111. The van der Waals surface area contributed by atoms with Crippen LogP contribution in [0.1, 0.15) is 39.2 Å². The van der Waals surface area contributed by atoms with Crippen molar-refractivity contribution in [1.82, 2.24) is 0 Å². The molecular weight excluding hydrogens is 212 g/mol. The molecule has 1 atom stereocenters. The number of allylic oxidation sites excluding steroid dienone is 4. The molecule has 1 aliphatic rings. The van der Waals surface area contributed by atoms with E-state index in [4.69, 9.17) is 4.42 Å². The molecule has 0 fully saturated rings. The van der Waals surface area contributed by atoms with Crippen molar-refractivity contribution in [2.45, 2.75) is 33.6 Å². The van der Waals surface area contributed by atoms with Gasteiger partial charge in [0.1, 0.15) is 0 Å². The predicted molar refractivity (Wildman–Crippen MR) is 68.5 cm³/mol. The van der Waals surface area contributed by atoms with Crippen molar-refractivity contribution in [2.24, 2.45) is 5.92 Å². The number of furan rings is 1. The maximum absolute atomic E-state index is 12.2. The van der Waals surface area contributed by atoms with Gasteiger partial charge in [0.25, 0.3) is 0 Å². The fourth-order valence-corrected chi connectivity index (χ4v) is 2.40. The summed E-state index contributed by atoms with van der Waals surface area (Å²) in [5.74, 6) is 0.509. The van der Waals surface area contributed by atoms with Gasteiger partial charge in [0.15, 0.2) is 5.78 Å². The highest BCUT2D eigenvalue weighted by Crippen LogP contribution is 2.38. The van der Waals surface area contributed by atoms with Crippen LogP contribution in [-0.2, 0) is 4.79 Å². The molecule has 1 aromatic rings. The highest BCUT2D eigenvalue weighted by molar-refractivity contribution is 6.10. The molecule has 0 radical (unpaired) electrons. The topological polar surface area (TPSA) is 30.2 Å². The molecule has 2 heteroatoms. The van der Waals surface area contributed by atoms with Gasteiger partial charge >= 0.3 is 0 Å². The summed E-state index contributed by atoms with van der Waals surface area (Å²) in [4.78, 5) is 12.2. The lowest BCUT2D eigenvalue weighted by Gasteiger charge is -2.07. The molecule has 17 heavy (non-hydrogen) atoms. The quantitative estimate of drug-likeness (QED) is 0.735. The normalized spacial score (nSPS) is 19.6. The van der Waals surface area contributed by atoms with Gasteiger partial charge in [-0.3, -0.25) is 4.79 Å². The molecule has 0 aromatic carbocycles. The Kier molecular flexibility index (Phi) is 3.32. The zero-order valence-electron chi connectivity index (χ0n) is 10.6. The minimum atomic E-state index is 0.159. The van der Waals surface area contributed by atoms with Crippen molar-refractivity contribution < 1.29 is 9.21 Å². The molecule has 0 aliphatic heterocycles. The predicted octanol–water partition coefficient (Wildman–Crippen LogP) is 4.00. The van der Waals surface area contributed by atoms with E-state index in [0.29, 0.717) is 5.92 Å². The van der Waals surface area contributed by atoms with Gasteiger partial charge in [-0.05, 0) is 50.3 Å². The average molecular weight is 230 g/mol.